The molecule has 0 bridgehead atoms. The Hall–Kier alpha value is -1.41. The standard InChI is InChI=1S/C15H15F3O3S2/c1-9(2)10-4-5-11-7-13(14(22-3)8-12(11)6-10)21-23(19,20)15(16,17)18/h4-9H,1-3H3. The Morgan fingerprint density at radius 1 is 1.09 bits per heavy atom. The summed E-state index contributed by atoms with van der Waals surface area (Å²) in [7, 11) is -5.69. The molecule has 0 aromatic heterocycles. The van der Waals surface area contributed by atoms with E-state index in [9.17, 15) is 21.6 Å². The van der Waals surface area contributed by atoms with Gasteiger partial charge in [0.2, 0.25) is 0 Å². The smallest absolute Gasteiger partial charge is 0.375 e. The van der Waals surface area contributed by atoms with Crippen LogP contribution in [0, 0.1) is 0 Å². The number of thioether (sulfide) groups is 1. The van der Waals surface area contributed by atoms with Crippen molar-refractivity contribution in [1.82, 2.24) is 0 Å². The summed E-state index contributed by atoms with van der Waals surface area (Å²) < 4.78 is 64.2. The van der Waals surface area contributed by atoms with Gasteiger partial charge in [-0.25, -0.2) is 0 Å². The second-order valence-electron chi connectivity index (χ2n) is 5.25. The van der Waals surface area contributed by atoms with Crippen molar-refractivity contribution in [3.8, 4) is 5.75 Å². The number of alkyl halides is 3. The molecule has 0 heterocycles. The zero-order valence-electron chi connectivity index (χ0n) is 12.6. The van der Waals surface area contributed by atoms with Crippen molar-refractivity contribution in [1.29, 1.82) is 0 Å². The molecule has 0 aliphatic rings. The van der Waals surface area contributed by atoms with Crippen molar-refractivity contribution in [2.24, 2.45) is 0 Å². The highest BCUT2D eigenvalue weighted by Crippen LogP contribution is 2.36. The monoisotopic (exact) mass is 364 g/mol. The predicted molar refractivity (Wildman–Crippen MR) is 85.4 cm³/mol. The number of hydrogen-bond donors (Lipinski definition) is 0. The third-order valence-electron chi connectivity index (χ3n) is 3.30. The minimum atomic E-state index is -5.69. The Morgan fingerprint density at radius 3 is 2.26 bits per heavy atom. The second kappa shape index (κ2) is 6.24. The fourth-order valence-corrected chi connectivity index (χ4v) is 3.09. The number of halogens is 3. The Labute approximate surface area is 137 Å². The SMILES string of the molecule is CSc1cc2cc(C(C)C)ccc2cc1OS(=O)(=O)C(F)(F)F. The van der Waals surface area contributed by atoms with Crippen LogP contribution in [0.1, 0.15) is 25.3 Å². The molecule has 0 aliphatic carbocycles. The number of benzene rings is 2. The molecular formula is C15H15F3O3S2. The average Bonchev–Trinajstić information content (AvgIpc) is 2.44. The first-order valence-corrected chi connectivity index (χ1v) is 9.31. The van der Waals surface area contributed by atoms with Crippen LogP contribution in [0.5, 0.6) is 5.75 Å². The molecule has 0 unspecified atom stereocenters. The van der Waals surface area contributed by atoms with Gasteiger partial charge >= 0.3 is 15.6 Å². The van der Waals surface area contributed by atoms with Crippen LogP contribution < -0.4 is 4.18 Å². The molecule has 0 N–H and O–H groups in total. The van der Waals surface area contributed by atoms with Gasteiger partial charge in [0.25, 0.3) is 0 Å². The van der Waals surface area contributed by atoms with Crippen molar-refractivity contribution in [3.05, 3.63) is 35.9 Å². The van der Waals surface area contributed by atoms with E-state index in [1.807, 2.05) is 26.0 Å². The molecule has 0 fully saturated rings. The third-order valence-corrected chi connectivity index (χ3v) is 5.02. The minimum Gasteiger partial charge on any atom is -0.375 e. The Bertz CT molecular complexity index is 828. The second-order valence-corrected chi connectivity index (χ2v) is 7.63. The lowest BCUT2D eigenvalue weighted by atomic mass is 9.99. The van der Waals surface area contributed by atoms with Crippen molar-refractivity contribution in [2.45, 2.75) is 30.2 Å². The van der Waals surface area contributed by atoms with Gasteiger partial charge in [0.1, 0.15) is 0 Å². The highest BCUT2D eigenvalue weighted by Gasteiger charge is 2.48. The van der Waals surface area contributed by atoms with Gasteiger partial charge in [0.05, 0.1) is 4.90 Å². The van der Waals surface area contributed by atoms with Gasteiger partial charge in [-0.3, -0.25) is 0 Å². The summed E-state index contributed by atoms with van der Waals surface area (Å²) >= 11 is 1.12. The van der Waals surface area contributed by atoms with Crippen LogP contribution in [0.2, 0.25) is 0 Å². The summed E-state index contributed by atoms with van der Waals surface area (Å²) in [5.41, 5.74) is -4.37. The van der Waals surface area contributed by atoms with E-state index in [-0.39, 0.29) is 5.75 Å². The van der Waals surface area contributed by atoms with E-state index in [2.05, 4.69) is 4.18 Å². The molecule has 0 amide bonds. The van der Waals surface area contributed by atoms with E-state index in [0.717, 1.165) is 22.7 Å². The molecule has 3 nitrogen and oxygen atoms in total. The van der Waals surface area contributed by atoms with Crippen molar-refractivity contribution in [3.63, 3.8) is 0 Å². The highest BCUT2D eigenvalue weighted by atomic mass is 32.2. The molecule has 2 aromatic rings. The quantitative estimate of drug-likeness (QED) is 0.439. The molecule has 2 aromatic carbocycles. The van der Waals surface area contributed by atoms with E-state index in [4.69, 9.17) is 0 Å². The zero-order valence-corrected chi connectivity index (χ0v) is 14.3. The molecule has 0 radical (unpaired) electrons. The molecule has 0 saturated heterocycles. The molecule has 0 saturated carbocycles. The Morgan fingerprint density at radius 2 is 1.74 bits per heavy atom. The molecule has 0 atom stereocenters. The lowest BCUT2D eigenvalue weighted by Gasteiger charge is -2.14. The van der Waals surface area contributed by atoms with E-state index >= 15 is 0 Å². The maximum atomic E-state index is 12.5. The van der Waals surface area contributed by atoms with E-state index in [0.29, 0.717) is 16.2 Å². The average molecular weight is 364 g/mol. The number of hydrogen-bond acceptors (Lipinski definition) is 4. The van der Waals surface area contributed by atoms with Gasteiger partial charge in [-0.1, -0.05) is 32.0 Å². The van der Waals surface area contributed by atoms with Gasteiger partial charge in [0.15, 0.2) is 5.75 Å². The van der Waals surface area contributed by atoms with Crippen LogP contribution in [-0.2, 0) is 10.1 Å². The first-order chi connectivity index (χ1) is 10.5. The summed E-state index contributed by atoms with van der Waals surface area (Å²) in [6.45, 7) is 4.06. The van der Waals surface area contributed by atoms with Crippen LogP contribution in [0.4, 0.5) is 13.2 Å². The van der Waals surface area contributed by atoms with Crippen molar-refractivity contribution in [2.75, 3.05) is 6.26 Å². The van der Waals surface area contributed by atoms with Gasteiger partial charge in [-0.15, -0.1) is 11.8 Å². The maximum absolute atomic E-state index is 12.5. The molecule has 23 heavy (non-hydrogen) atoms. The molecule has 2 rings (SSSR count). The number of fused-ring (bicyclic) bond motifs is 1. The molecule has 0 spiro atoms. The van der Waals surface area contributed by atoms with Crippen LogP contribution in [0.3, 0.4) is 0 Å². The lowest BCUT2D eigenvalue weighted by molar-refractivity contribution is -0.0500. The summed E-state index contributed by atoms with van der Waals surface area (Å²) in [6, 6.07) is 8.47. The van der Waals surface area contributed by atoms with Gasteiger partial charge in [-0.2, -0.15) is 21.6 Å². The van der Waals surface area contributed by atoms with Gasteiger partial charge < -0.3 is 4.18 Å². The predicted octanol–water partition coefficient (Wildman–Crippen LogP) is 4.91. The fraction of sp³-hybridized carbons (Fsp3) is 0.333. The van der Waals surface area contributed by atoms with Crippen molar-refractivity contribution >= 4 is 32.7 Å². The summed E-state index contributed by atoms with van der Waals surface area (Å²) in [5.74, 6) is -0.0155. The highest BCUT2D eigenvalue weighted by molar-refractivity contribution is 7.98. The van der Waals surface area contributed by atoms with E-state index < -0.39 is 15.6 Å². The largest absolute Gasteiger partial charge is 0.534 e. The van der Waals surface area contributed by atoms with Crippen molar-refractivity contribution < 1.29 is 25.8 Å². The lowest BCUT2D eigenvalue weighted by Crippen LogP contribution is -2.28. The van der Waals surface area contributed by atoms with E-state index in [1.54, 1.807) is 18.4 Å². The first-order valence-electron chi connectivity index (χ1n) is 6.67. The van der Waals surface area contributed by atoms with Gasteiger partial charge in [-0.05, 0) is 40.6 Å². The first kappa shape index (κ1) is 17.9. The van der Waals surface area contributed by atoms with Crippen LogP contribution in [0.25, 0.3) is 10.8 Å². The molecule has 8 heteroatoms. The van der Waals surface area contributed by atoms with Crippen LogP contribution >= 0.6 is 11.8 Å². The van der Waals surface area contributed by atoms with Crippen LogP contribution in [-0.4, -0.2) is 20.2 Å². The maximum Gasteiger partial charge on any atom is 0.534 e. The number of rotatable bonds is 4. The molecular weight excluding hydrogens is 349 g/mol. The topological polar surface area (TPSA) is 43.4 Å². The molecule has 0 aliphatic heterocycles. The Balaban J connectivity index is 2.55. The van der Waals surface area contributed by atoms with Gasteiger partial charge in [0, 0.05) is 0 Å². The molecule has 126 valence electrons. The van der Waals surface area contributed by atoms with E-state index in [1.165, 1.54) is 6.07 Å². The summed E-state index contributed by atoms with van der Waals surface area (Å²) in [6.07, 6.45) is 1.64. The summed E-state index contributed by atoms with van der Waals surface area (Å²) in [5, 5.41) is 1.43. The minimum absolute atomic E-state index is 0.304. The fourth-order valence-electron chi connectivity index (χ4n) is 2.02. The summed E-state index contributed by atoms with van der Waals surface area (Å²) in [4.78, 5) is 0.325. The van der Waals surface area contributed by atoms with Crippen LogP contribution in [0.15, 0.2) is 35.2 Å². The zero-order chi connectivity index (χ0) is 17.4. The normalized spacial score (nSPS) is 12.8. The Kier molecular flexibility index (Phi) is 4.86. The third kappa shape index (κ3) is 3.74.